The molecule has 0 unspecified atom stereocenters. The van der Waals surface area contributed by atoms with Crippen LogP contribution in [0.25, 0.3) is 10.9 Å². The highest BCUT2D eigenvalue weighted by Gasteiger charge is 2.28. The van der Waals surface area contributed by atoms with Crippen LogP contribution < -0.4 is 11.2 Å². The number of rotatable bonds is 5. The maximum absolute atomic E-state index is 12.8. The van der Waals surface area contributed by atoms with E-state index in [0.717, 1.165) is 0 Å². The zero-order valence-corrected chi connectivity index (χ0v) is 18.7. The number of nitrogens with one attached hydrogen (secondary N) is 1. The summed E-state index contributed by atoms with van der Waals surface area (Å²) in [4.78, 5) is 53.8. The molecule has 4 rings (SSSR count). The van der Waals surface area contributed by atoms with Crippen molar-refractivity contribution in [3.8, 4) is 0 Å². The Balaban J connectivity index is 1.38. The molecule has 1 aliphatic rings. The third kappa shape index (κ3) is 4.49. The minimum Gasteiger partial charge on any atom is -0.343 e. The molecule has 32 heavy (non-hydrogen) atoms. The molecule has 2 aromatic carbocycles. The summed E-state index contributed by atoms with van der Waals surface area (Å²) in [7, 11) is 0. The SMILES string of the molecule is O=C(c1ccc(Cl)c(Cl)c1)C1CCN(C(=O)CCn2c(=O)[nH]c(=O)c3ccccc32)CC1. The number of Topliss-reactive ketones (excluding diaryl/α,β-unsaturated/α-hetero) is 1. The van der Waals surface area contributed by atoms with Gasteiger partial charge in [-0.25, -0.2) is 4.79 Å². The van der Waals surface area contributed by atoms with Gasteiger partial charge < -0.3 is 4.90 Å². The number of para-hydroxylation sites is 1. The molecule has 1 aromatic heterocycles. The third-order valence-corrected chi connectivity index (χ3v) is 6.62. The van der Waals surface area contributed by atoms with E-state index in [-0.39, 0.29) is 30.6 Å². The van der Waals surface area contributed by atoms with Gasteiger partial charge in [0.25, 0.3) is 5.56 Å². The molecular formula is C23H21Cl2N3O4. The van der Waals surface area contributed by atoms with Crippen molar-refractivity contribution in [1.82, 2.24) is 14.5 Å². The first kappa shape index (κ1) is 22.3. The summed E-state index contributed by atoms with van der Waals surface area (Å²) >= 11 is 11.9. The summed E-state index contributed by atoms with van der Waals surface area (Å²) in [6.07, 6.45) is 1.25. The second kappa shape index (κ2) is 9.30. The number of nitrogens with zero attached hydrogens (tertiary/aromatic N) is 2. The fourth-order valence-electron chi connectivity index (χ4n) is 4.11. The number of aryl methyl sites for hydroxylation is 1. The van der Waals surface area contributed by atoms with Crippen molar-refractivity contribution in [2.75, 3.05) is 13.1 Å². The lowest BCUT2D eigenvalue weighted by Crippen LogP contribution is -2.41. The van der Waals surface area contributed by atoms with Crippen molar-refractivity contribution < 1.29 is 9.59 Å². The van der Waals surface area contributed by atoms with E-state index in [0.29, 0.717) is 52.4 Å². The molecule has 0 radical (unpaired) electrons. The first-order chi connectivity index (χ1) is 15.3. The summed E-state index contributed by atoms with van der Waals surface area (Å²) in [5.41, 5.74) is 0.0443. The lowest BCUT2D eigenvalue weighted by molar-refractivity contribution is -0.132. The van der Waals surface area contributed by atoms with Crippen LogP contribution in [0, 0.1) is 5.92 Å². The predicted molar refractivity (Wildman–Crippen MR) is 124 cm³/mol. The highest BCUT2D eigenvalue weighted by atomic mass is 35.5. The molecule has 0 spiro atoms. The molecule has 1 amide bonds. The van der Waals surface area contributed by atoms with E-state index >= 15 is 0 Å². The summed E-state index contributed by atoms with van der Waals surface area (Å²) in [6, 6.07) is 11.7. The molecule has 0 bridgehead atoms. The van der Waals surface area contributed by atoms with Gasteiger partial charge in [0.05, 0.1) is 20.9 Å². The molecule has 1 saturated heterocycles. The average molecular weight is 474 g/mol. The Hall–Kier alpha value is -2.90. The van der Waals surface area contributed by atoms with Crippen LogP contribution in [0.5, 0.6) is 0 Å². The van der Waals surface area contributed by atoms with Crippen LogP contribution in [0.2, 0.25) is 10.0 Å². The minimum atomic E-state index is -0.535. The Labute approximate surface area is 193 Å². The fraction of sp³-hybridized carbons (Fsp3) is 0.304. The van der Waals surface area contributed by atoms with E-state index in [1.807, 2.05) is 0 Å². The number of halogens is 2. The molecule has 0 saturated carbocycles. The second-order valence-corrected chi connectivity index (χ2v) is 8.64. The van der Waals surface area contributed by atoms with E-state index < -0.39 is 11.2 Å². The smallest absolute Gasteiger partial charge is 0.328 e. The van der Waals surface area contributed by atoms with Gasteiger partial charge in [-0.05, 0) is 43.2 Å². The molecule has 1 aliphatic heterocycles. The van der Waals surface area contributed by atoms with E-state index in [9.17, 15) is 19.2 Å². The van der Waals surface area contributed by atoms with E-state index in [2.05, 4.69) is 4.98 Å². The van der Waals surface area contributed by atoms with Crippen molar-refractivity contribution in [2.24, 2.45) is 5.92 Å². The molecule has 1 N–H and O–H groups in total. The van der Waals surface area contributed by atoms with Gasteiger partial charge in [-0.15, -0.1) is 0 Å². The number of amides is 1. The van der Waals surface area contributed by atoms with Crippen LogP contribution in [0.15, 0.2) is 52.1 Å². The molecule has 166 valence electrons. The number of ketones is 1. The number of aromatic nitrogens is 2. The number of piperidine rings is 1. The topological polar surface area (TPSA) is 92.2 Å². The highest BCUT2D eigenvalue weighted by Crippen LogP contribution is 2.27. The summed E-state index contributed by atoms with van der Waals surface area (Å²) in [5.74, 6) is -0.267. The lowest BCUT2D eigenvalue weighted by atomic mass is 9.89. The largest absolute Gasteiger partial charge is 0.343 e. The molecule has 1 fully saturated rings. The summed E-state index contributed by atoms with van der Waals surface area (Å²) in [6.45, 7) is 1.10. The number of carbonyl (C=O) groups excluding carboxylic acids is 2. The predicted octanol–water partition coefficient (Wildman–Crippen LogP) is 3.51. The van der Waals surface area contributed by atoms with E-state index in [1.54, 1.807) is 47.4 Å². The molecule has 0 atom stereocenters. The van der Waals surface area contributed by atoms with Crippen molar-refractivity contribution in [3.05, 3.63) is 78.9 Å². The third-order valence-electron chi connectivity index (χ3n) is 5.88. The Kier molecular flexibility index (Phi) is 6.48. The molecule has 7 nitrogen and oxygen atoms in total. The van der Waals surface area contributed by atoms with Gasteiger partial charge in [0, 0.05) is 37.5 Å². The molecule has 9 heteroatoms. The quantitative estimate of drug-likeness (QED) is 0.573. The van der Waals surface area contributed by atoms with Crippen LogP contribution in [-0.4, -0.2) is 39.2 Å². The highest BCUT2D eigenvalue weighted by molar-refractivity contribution is 6.42. The van der Waals surface area contributed by atoms with Crippen molar-refractivity contribution in [1.29, 1.82) is 0 Å². The van der Waals surface area contributed by atoms with Crippen LogP contribution >= 0.6 is 23.2 Å². The Bertz CT molecular complexity index is 1310. The summed E-state index contributed by atoms with van der Waals surface area (Å²) in [5, 5.41) is 1.15. The van der Waals surface area contributed by atoms with Gasteiger partial charge in [0.2, 0.25) is 5.91 Å². The van der Waals surface area contributed by atoms with E-state index in [1.165, 1.54) is 4.57 Å². The van der Waals surface area contributed by atoms with Gasteiger partial charge in [0.15, 0.2) is 5.78 Å². The average Bonchev–Trinajstić information content (AvgIpc) is 2.80. The Morgan fingerprint density at radius 3 is 2.44 bits per heavy atom. The number of hydrogen-bond acceptors (Lipinski definition) is 4. The number of benzene rings is 2. The van der Waals surface area contributed by atoms with E-state index in [4.69, 9.17) is 23.2 Å². The van der Waals surface area contributed by atoms with Crippen molar-refractivity contribution >= 4 is 45.8 Å². The van der Waals surface area contributed by atoms with Crippen LogP contribution in [0.4, 0.5) is 0 Å². The number of aromatic amines is 1. The van der Waals surface area contributed by atoms with Gasteiger partial charge in [-0.2, -0.15) is 0 Å². The number of carbonyl (C=O) groups is 2. The molecule has 2 heterocycles. The maximum atomic E-state index is 12.8. The van der Waals surface area contributed by atoms with Crippen LogP contribution in [0.3, 0.4) is 0 Å². The number of H-pyrrole nitrogens is 1. The van der Waals surface area contributed by atoms with Crippen LogP contribution in [-0.2, 0) is 11.3 Å². The first-order valence-electron chi connectivity index (χ1n) is 10.3. The van der Waals surface area contributed by atoms with Gasteiger partial charge in [-0.1, -0.05) is 35.3 Å². The van der Waals surface area contributed by atoms with Gasteiger partial charge >= 0.3 is 5.69 Å². The minimum absolute atomic E-state index is 0.00178. The molecule has 3 aromatic rings. The number of hydrogen-bond donors (Lipinski definition) is 1. The molecule has 0 aliphatic carbocycles. The zero-order chi connectivity index (χ0) is 22.8. The Morgan fingerprint density at radius 1 is 1.00 bits per heavy atom. The Morgan fingerprint density at radius 2 is 1.72 bits per heavy atom. The lowest BCUT2D eigenvalue weighted by Gasteiger charge is -2.31. The number of fused-ring (bicyclic) bond motifs is 1. The molecular weight excluding hydrogens is 453 g/mol. The standard InChI is InChI=1S/C23H21Cl2N3O4/c24-17-6-5-15(13-18(17)25)21(30)14-7-10-27(11-8-14)20(29)9-12-28-19-4-2-1-3-16(19)22(31)26-23(28)32/h1-6,13-14H,7-12H2,(H,26,31,32). The van der Waals surface area contributed by atoms with Crippen molar-refractivity contribution in [3.63, 3.8) is 0 Å². The summed E-state index contributed by atoms with van der Waals surface area (Å²) < 4.78 is 1.41. The zero-order valence-electron chi connectivity index (χ0n) is 17.1. The fourth-order valence-corrected chi connectivity index (χ4v) is 4.40. The van der Waals surface area contributed by atoms with Crippen LogP contribution in [0.1, 0.15) is 29.6 Å². The maximum Gasteiger partial charge on any atom is 0.328 e. The van der Waals surface area contributed by atoms with Gasteiger partial charge in [0.1, 0.15) is 0 Å². The monoisotopic (exact) mass is 473 g/mol. The van der Waals surface area contributed by atoms with Crippen molar-refractivity contribution in [2.45, 2.75) is 25.8 Å². The second-order valence-electron chi connectivity index (χ2n) is 7.83. The number of likely N-dealkylation sites (tertiary alicyclic amines) is 1. The van der Waals surface area contributed by atoms with Gasteiger partial charge in [-0.3, -0.25) is 23.9 Å². The first-order valence-corrected chi connectivity index (χ1v) is 11.1. The normalized spacial score (nSPS) is 14.6.